The summed E-state index contributed by atoms with van der Waals surface area (Å²) in [6.45, 7) is 4.08. The zero-order chi connectivity index (χ0) is 23.8. The number of sulfonamides is 1. The number of carbonyl (C=O) groups excluding carboxylic acids is 2. The third-order valence-corrected chi connectivity index (χ3v) is 8.28. The van der Waals surface area contributed by atoms with Crippen LogP contribution in [0.3, 0.4) is 0 Å². The van der Waals surface area contributed by atoms with Crippen LogP contribution in [0.4, 0.5) is 0 Å². The van der Waals surface area contributed by atoms with Crippen LogP contribution in [0.2, 0.25) is 0 Å². The van der Waals surface area contributed by atoms with Crippen LogP contribution in [0.5, 0.6) is 0 Å². The second-order valence-corrected chi connectivity index (χ2v) is 11.2. The Morgan fingerprint density at radius 1 is 0.939 bits per heavy atom. The van der Waals surface area contributed by atoms with Gasteiger partial charge in [-0.05, 0) is 81.5 Å². The van der Waals surface area contributed by atoms with E-state index in [0.29, 0.717) is 23.7 Å². The molecule has 0 unspecified atom stereocenters. The molecule has 0 bridgehead atoms. The Bertz CT molecular complexity index is 1120. The van der Waals surface area contributed by atoms with Crippen LogP contribution < -0.4 is 5.32 Å². The predicted octanol–water partition coefficient (Wildman–Crippen LogP) is 3.41. The monoisotopic (exact) mass is 469 g/mol. The van der Waals surface area contributed by atoms with Crippen molar-refractivity contribution in [2.45, 2.75) is 69.1 Å². The van der Waals surface area contributed by atoms with Crippen molar-refractivity contribution in [3.8, 4) is 0 Å². The van der Waals surface area contributed by atoms with E-state index in [0.717, 1.165) is 31.2 Å². The second kappa shape index (κ2) is 9.27. The van der Waals surface area contributed by atoms with Crippen molar-refractivity contribution in [1.29, 1.82) is 0 Å². The molecule has 0 spiro atoms. The van der Waals surface area contributed by atoms with E-state index in [1.165, 1.54) is 16.4 Å². The van der Waals surface area contributed by atoms with Gasteiger partial charge in [-0.3, -0.25) is 9.59 Å². The van der Waals surface area contributed by atoms with Crippen molar-refractivity contribution in [3.05, 3.63) is 65.2 Å². The number of rotatable bonds is 9. The van der Waals surface area contributed by atoms with Crippen molar-refractivity contribution in [2.24, 2.45) is 0 Å². The summed E-state index contributed by atoms with van der Waals surface area (Å²) in [6.07, 6.45) is 4.01. The normalized spacial score (nSPS) is 16.2. The Balaban J connectivity index is 1.46. The molecule has 0 atom stereocenters. The van der Waals surface area contributed by atoms with E-state index < -0.39 is 10.0 Å². The number of hydrogen-bond acceptors (Lipinski definition) is 4. The first-order valence-corrected chi connectivity index (χ1v) is 12.9. The summed E-state index contributed by atoms with van der Waals surface area (Å²) in [6, 6.07) is 13.9. The molecule has 8 heteroatoms. The van der Waals surface area contributed by atoms with Crippen LogP contribution in [-0.2, 0) is 16.6 Å². The fourth-order valence-corrected chi connectivity index (χ4v) is 4.95. The highest BCUT2D eigenvalue weighted by atomic mass is 32.2. The van der Waals surface area contributed by atoms with Gasteiger partial charge in [-0.1, -0.05) is 12.1 Å². The minimum absolute atomic E-state index is 0.0580. The molecular weight excluding hydrogens is 438 g/mol. The molecule has 33 heavy (non-hydrogen) atoms. The lowest BCUT2D eigenvalue weighted by atomic mass is 10.1. The molecule has 2 aliphatic carbocycles. The number of carbonyl (C=O) groups is 2. The van der Waals surface area contributed by atoms with Gasteiger partial charge in [0.15, 0.2) is 0 Å². The third-order valence-electron chi connectivity index (χ3n) is 6.24. The number of nitrogens with zero attached hydrogens (tertiary/aromatic N) is 2. The molecule has 7 nitrogen and oxygen atoms in total. The molecule has 2 fully saturated rings. The van der Waals surface area contributed by atoms with E-state index in [1.807, 2.05) is 30.9 Å². The lowest BCUT2D eigenvalue weighted by Gasteiger charge is -2.23. The van der Waals surface area contributed by atoms with E-state index in [-0.39, 0.29) is 28.8 Å². The van der Waals surface area contributed by atoms with Crippen LogP contribution in [0.15, 0.2) is 53.4 Å². The van der Waals surface area contributed by atoms with Gasteiger partial charge in [-0.15, -0.1) is 0 Å². The molecule has 2 aromatic rings. The van der Waals surface area contributed by atoms with Gasteiger partial charge in [0.05, 0.1) is 4.90 Å². The Kier molecular flexibility index (Phi) is 6.59. The van der Waals surface area contributed by atoms with E-state index in [1.54, 1.807) is 31.3 Å². The Morgan fingerprint density at radius 2 is 1.52 bits per heavy atom. The van der Waals surface area contributed by atoms with Crippen molar-refractivity contribution < 1.29 is 18.0 Å². The van der Waals surface area contributed by atoms with Crippen LogP contribution in [-0.4, -0.2) is 54.6 Å². The molecule has 0 radical (unpaired) electrons. The summed E-state index contributed by atoms with van der Waals surface area (Å²) in [5.41, 5.74) is 2.04. The van der Waals surface area contributed by atoms with Crippen molar-refractivity contribution in [3.63, 3.8) is 0 Å². The number of benzene rings is 2. The lowest BCUT2D eigenvalue weighted by Crippen LogP contribution is -2.33. The zero-order valence-corrected chi connectivity index (χ0v) is 20.1. The van der Waals surface area contributed by atoms with Gasteiger partial charge < -0.3 is 10.2 Å². The fourth-order valence-electron chi connectivity index (χ4n) is 3.59. The van der Waals surface area contributed by atoms with E-state index in [9.17, 15) is 18.0 Å². The van der Waals surface area contributed by atoms with Gasteiger partial charge in [0.25, 0.3) is 11.8 Å². The maximum Gasteiger partial charge on any atom is 0.254 e. The molecule has 0 saturated heterocycles. The lowest BCUT2D eigenvalue weighted by molar-refractivity contribution is 0.0729. The van der Waals surface area contributed by atoms with E-state index in [2.05, 4.69) is 5.32 Å². The van der Waals surface area contributed by atoms with E-state index in [4.69, 9.17) is 0 Å². The molecule has 4 rings (SSSR count). The summed E-state index contributed by atoms with van der Waals surface area (Å²) < 4.78 is 26.7. The molecule has 1 N–H and O–H groups in total. The molecule has 2 saturated carbocycles. The molecule has 176 valence electrons. The SMILES string of the molecule is CC(C)N(C)S(=O)(=O)c1ccc(C(=O)N(Cc2ccc(C(=O)NC3CC3)cc2)C2CC2)cc1. The first-order chi connectivity index (χ1) is 15.7. The highest BCUT2D eigenvalue weighted by Crippen LogP contribution is 2.30. The standard InChI is InChI=1S/C25H31N3O4S/c1-17(2)27(3)33(31,32)23-14-8-20(9-15-23)25(30)28(22-12-13-22)16-18-4-6-19(7-5-18)24(29)26-21-10-11-21/h4-9,14-15,17,21-22H,10-13,16H2,1-3H3,(H,26,29). The molecule has 2 aromatic carbocycles. The van der Waals surface area contributed by atoms with Crippen LogP contribution in [0.1, 0.15) is 65.8 Å². The number of hydrogen-bond donors (Lipinski definition) is 1. The third kappa shape index (κ3) is 5.45. The smallest absolute Gasteiger partial charge is 0.254 e. The predicted molar refractivity (Wildman–Crippen MR) is 126 cm³/mol. The molecular formula is C25H31N3O4S. The minimum Gasteiger partial charge on any atom is -0.349 e. The van der Waals surface area contributed by atoms with Crippen molar-refractivity contribution in [1.82, 2.24) is 14.5 Å². The largest absolute Gasteiger partial charge is 0.349 e. The first kappa shape index (κ1) is 23.4. The summed E-state index contributed by atoms with van der Waals surface area (Å²) in [5.74, 6) is -0.174. The quantitative estimate of drug-likeness (QED) is 0.610. The fraction of sp³-hybridized carbons (Fsp3) is 0.440. The molecule has 0 aliphatic heterocycles. The summed E-state index contributed by atoms with van der Waals surface area (Å²) in [5, 5.41) is 2.98. The van der Waals surface area contributed by atoms with Gasteiger partial charge in [0.1, 0.15) is 0 Å². The van der Waals surface area contributed by atoms with Crippen molar-refractivity contribution >= 4 is 21.8 Å². The maximum atomic E-state index is 13.2. The highest BCUT2D eigenvalue weighted by molar-refractivity contribution is 7.89. The first-order valence-electron chi connectivity index (χ1n) is 11.5. The summed E-state index contributed by atoms with van der Waals surface area (Å²) in [7, 11) is -2.04. The van der Waals surface area contributed by atoms with Gasteiger partial charge >= 0.3 is 0 Å². The molecule has 0 aromatic heterocycles. The van der Waals surface area contributed by atoms with Gasteiger partial charge in [-0.25, -0.2) is 8.42 Å². The summed E-state index contributed by atoms with van der Waals surface area (Å²) in [4.78, 5) is 27.4. The van der Waals surface area contributed by atoms with Gasteiger partial charge in [-0.2, -0.15) is 4.31 Å². The second-order valence-electron chi connectivity index (χ2n) is 9.25. The summed E-state index contributed by atoms with van der Waals surface area (Å²) >= 11 is 0. The zero-order valence-electron chi connectivity index (χ0n) is 19.3. The topological polar surface area (TPSA) is 86.8 Å². The average molecular weight is 470 g/mol. The molecule has 2 amide bonds. The Morgan fingerprint density at radius 3 is 2.03 bits per heavy atom. The Hall–Kier alpha value is -2.71. The number of nitrogens with one attached hydrogen (secondary N) is 1. The van der Waals surface area contributed by atoms with Crippen LogP contribution >= 0.6 is 0 Å². The Labute approximate surface area is 195 Å². The van der Waals surface area contributed by atoms with Crippen LogP contribution in [0, 0.1) is 0 Å². The molecule has 2 aliphatic rings. The van der Waals surface area contributed by atoms with E-state index >= 15 is 0 Å². The molecule has 0 heterocycles. The highest BCUT2D eigenvalue weighted by Gasteiger charge is 2.33. The van der Waals surface area contributed by atoms with Gasteiger partial charge in [0.2, 0.25) is 10.0 Å². The number of amides is 2. The minimum atomic E-state index is -3.59. The van der Waals surface area contributed by atoms with Gasteiger partial charge in [0, 0.05) is 42.8 Å². The average Bonchev–Trinajstić information content (AvgIpc) is 3.72. The van der Waals surface area contributed by atoms with Crippen LogP contribution in [0.25, 0.3) is 0 Å². The maximum absolute atomic E-state index is 13.2. The van der Waals surface area contributed by atoms with Crippen molar-refractivity contribution in [2.75, 3.05) is 7.05 Å².